The fraction of sp³-hybridized carbons (Fsp3) is 0.100. The average molecular weight is 266 g/mol. The molecule has 0 spiro atoms. The maximum Gasteiger partial charge on any atom is 0.281 e. The molecule has 0 radical (unpaired) electrons. The van der Waals surface area contributed by atoms with Gasteiger partial charge < -0.3 is 0 Å². The van der Waals surface area contributed by atoms with Gasteiger partial charge in [0, 0.05) is 18.6 Å². The number of nitrogens with zero attached hydrogens (tertiary/aromatic N) is 3. The third kappa shape index (κ3) is 2.30. The van der Waals surface area contributed by atoms with Gasteiger partial charge in [0.05, 0.1) is 11.0 Å². The average Bonchev–Trinajstić information content (AvgIpc) is 2.26. The van der Waals surface area contributed by atoms with E-state index < -0.39 is 0 Å². The Labute approximate surface area is 94.7 Å². The molecule has 0 saturated carbocycles. The Hall–Kier alpha value is -1.49. The Morgan fingerprint density at radius 2 is 1.93 bits per heavy atom. The van der Waals surface area contributed by atoms with E-state index in [1.807, 2.05) is 12.1 Å². The zero-order valence-electron chi connectivity index (χ0n) is 7.80. The van der Waals surface area contributed by atoms with Gasteiger partial charge in [0.2, 0.25) is 0 Å². The first-order chi connectivity index (χ1) is 7.27. The van der Waals surface area contributed by atoms with Crippen molar-refractivity contribution in [2.45, 2.75) is 6.54 Å². The molecular formula is C10H8BrN3O. The minimum Gasteiger partial charge on any atom is -0.266 e. The lowest BCUT2D eigenvalue weighted by Crippen LogP contribution is -2.23. The molecule has 76 valence electrons. The Balaban J connectivity index is 2.33. The fourth-order valence-corrected chi connectivity index (χ4v) is 1.52. The highest BCUT2D eigenvalue weighted by Crippen LogP contribution is 2.01. The molecule has 0 aromatic carbocycles. The lowest BCUT2D eigenvalue weighted by Gasteiger charge is -2.03. The van der Waals surface area contributed by atoms with Gasteiger partial charge in [0.15, 0.2) is 0 Å². The van der Waals surface area contributed by atoms with E-state index in [2.05, 4.69) is 26.0 Å². The molecule has 0 aliphatic rings. The predicted molar refractivity (Wildman–Crippen MR) is 59.5 cm³/mol. The van der Waals surface area contributed by atoms with Crippen molar-refractivity contribution in [3.8, 4) is 0 Å². The summed E-state index contributed by atoms with van der Waals surface area (Å²) < 4.78 is 1.92. The van der Waals surface area contributed by atoms with Crippen LogP contribution in [0.2, 0.25) is 0 Å². The van der Waals surface area contributed by atoms with Crippen molar-refractivity contribution in [2.24, 2.45) is 0 Å². The highest BCUT2D eigenvalue weighted by Gasteiger charge is 2.01. The van der Waals surface area contributed by atoms with E-state index in [1.54, 1.807) is 24.7 Å². The summed E-state index contributed by atoms with van der Waals surface area (Å²) in [7, 11) is 0. The van der Waals surface area contributed by atoms with Gasteiger partial charge in [0.1, 0.15) is 0 Å². The molecule has 0 atom stereocenters. The first kappa shape index (κ1) is 10.0. The number of aromatic nitrogens is 3. The van der Waals surface area contributed by atoms with Gasteiger partial charge >= 0.3 is 0 Å². The molecule has 4 nitrogen and oxygen atoms in total. The molecule has 0 amide bonds. The standard InChI is InChI=1S/C10H8BrN3O/c11-9-3-6-13-14(10(9)15)7-8-1-4-12-5-2-8/h1-6H,7H2. The van der Waals surface area contributed by atoms with Gasteiger partial charge in [-0.05, 0) is 39.7 Å². The largest absolute Gasteiger partial charge is 0.281 e. The topological polar surface area (TPSA) is 47.8 Å². The van der Waals surface area contributed by atoms with Gasteiger partial charge in [-0.1, -0.05) is 0 Å². The quantitative estimate of drug-likeness (QED) is 0.826. The second-order valence-electron chi connectivity index (χ2n) is 3.00. The van der Waals surface area contributed by atoms with Crippen molar-refractivity contribution in [2.75, 3.05) is 0 Å². The summed E-state index contributed by atoms with van der Waals surface area (Å²) in [4.78, 5) is 15.5. The van der Waals surface area contributed by atoms with E-state index in [0.29, 0.717) is 11.0 Å². The lowest BCUT2D eigenvalue weighted by atomic mass is 10.3. The van der Waals surface area contributed by atoms with Crippen LogP contribution in [-0.4, -0.2) is 14.8 Å². The highest BCUT2D eigenvalue weighted by atomic mass is 79.9. The number of rotatable bonds is 2. The summed E-state index contributed by atoms with van der Waals surface area (Å²) in [6.07, 6.45) is 4.98. The first-order valence-electron chi connectivity index (χ1n) is 4.38. The molecule has 2 aromatic rings. The molecule has 0 fully saturated rings. The molecule has 0 saturated heterocycles. The Morgan fingerprint density at radius 1 is 1.20 bits per heavy atom. The van der Waals surface area contributed by atoms with E-state index >= 15 is 0 Å². The summed E-state index contributed by atoms with van der Waals surface area (Å²) in [6, 6.07) is 5.34. The molecule has 0 N–H and O–H groups in total. The molecule has 0 unspecified atom stereocenters. The van der Waals surface area contributed by atoms with E-state index in [1.165, 1.54) is 4.68 Å². The van der Waals surface area contributed by atoms with Crippen LogP contribution in [0.1, 0.15) is 5.56 Å². The monoisotopic (exact) mass is 265 g/mol. The SMILES string of the molecule is O=c1c(Br)ccnn1Cc1ccncc1. The Morgan fingerprint density at radius 3 is 2.67 bits per heavy atom. The normalized spacial score (nSPS) is 10.2. The summed E-state index contributed by atoms with van der Waals surface area (Å²) >= 11 is 3.17. The number of hydrogen-bond acceptors (Lipinski definition) is 3. The van der Waals surface area contributed by atoms with Crippen LogP contribution >= 0.6 is 15.9 Å². The van der Waals surface area contributed by atoms with Crippen molar-refractivity contribution in [3.63, 3.8) is 0 Å². The van der Waals surface area contributed by atoms with Crippen LogP contribution < -0.4 is 5.56 Å². The molecule has 2 aromatic heterocycles. The Kier molecular flexibility index (Phi) is 2.91. The van der Waals surface area contributed by atoms with Crippen LogP contribution in [0, 0.1) is 0 Å². The van der Waals surface area contributed by atoms with Crippen LogP contribution in [0.3, 0.4) is 0 Å². The van der Waals surface area contributed by atoms with Crippen LogP contribution in [-0.2, 0) is 6.54 Å². The van der Waals surface area contributed by atoms with Crippen molar-refractivity contribution in [1.29, 1.82) is 0 Å². The van der Waals surface area contributed by atoms with Crippen LogP contribution in [0.5, 0.6) is 0 Å². The third-order valence-corrected chi connectivity index (χ3v) is 2.55. The van der Waals surface area contributed by atoms with Crippen molar-refractivity contribution in [3.05, 3.63) is 57.2 Å². The van der Waals surface area contributed by atoms with Crippen molar-refractivity contribution in [1.82, 2.24) is 14.8 Å². The number of hydrogen-bond donors (Lipinski definition) is 0. The van der Waals surface area contributed by atoms with Crippen LogP contribution in [0.25, 0.3) is 0 Å². The molecular weight excluding hydrogens is 258 g/mol. The van der Waals surface area contributed by atoms with Gasteiger partial charge in [-0.25, -0.2) is 4.68 Å². The smallest absolute Gasteiger partial charge is 0.266 e. The zero-order valence-corrected chi connectivity index (χ0v) is 9.39. The maximum absolute atomic E-state index is 11.6. The summed E-state index contributed by atoms with van der Waals surface area (Å²) in [5.74, 6) is 0. The fourth-order valence-electron chi connectivity index (χ4n) is 1.20. The molecule has 5 heteroatoms. The van der Waals surface area contributed by atoms with Gasteiger partial charge in [-0.3, -0.25) is 9.78 Å². The minimum absolute atomic E-state index is 0.130. The minimum atomic E-state index is -0.130. The summed E-state index contributed by atoms with van der Waals surface area (Å²) in [5.41, 5.74) is 0.868. The second kappa shape index (κ2) is 4.35. The second-order valence-corrected chi connectivity index (χ2v) is 3.85. The van der Waals surface area contributed by atoms with Crippen molar-refractivity contribution < 1.29 is 0 Å². The van der Waals surface area contributed by atoms with Gasteiger partial charge in [0.25, 0.3) is 5.56 Å². The maximum atomic E-state index is 11.6. The summed E-state index contributed by atoms with van der Waals surface area (Å²) in [5, 5.41) is 3.99. The highest BCUT2D eigenvalue weighted by molar-refractivity contribution is 9.10. The van der Waals surface area contributed by atoms with E-state index in [-0.39, 0.29) is 5.56 Å². The molecule has 2 heterocycles. The Bertz CT molecular complexity index is 510. The van der Waals surface area contributed by atoms with Gasteiger partial charge in [-0.15, -0.1) is 0 Å². The third-order valence-electron chi connectivity index (χ3n) is 1.95. The van der Waals surface area contributed by atoms with E-state index in [0.717, 1.165) is 5.56 Å². The van der Waals surface area contributed by atoms with Crippen molar-refractivity contribution >= 4 is 15.9 Å². The lowest BCUT2D eigenvalue weighted by molar-refractivity contribution is 0.634. The zero-order chi connectivity index (χ0) is 10.7. The van der Waals surface area contributed by atoms with Gasteiger partial charge in [-0.2, -0.15) is 5.10 Å². The summed E-state index contributed by atoms with van der Waals surface area (Å²) in [6.45, 7) is 0.459. The first-order valence-corrected chi connectivity index (χ1v) is 5.17. The van der Waals surface area contributed by atoms with E-state index in [9.17, 15) is 4.79 Å². The molecule has 0 bridgehead atoms. The van der Waals surface area contributed by atoms with Crippen LogP contribution in [0.4, 0.5) is 0 Å². The number of halogens is 1. The molecule has 2 rings (SSSR count). The number of pyridine rings is 1. The molecule has 0 aliphatic heterocycles. The predicted octanol–water partition coefficient (Wildman–Crippen LogP) is 1.45. The molecule has 0 aliphatic carbocycles. The van der Waals surface area contributed by atoms with Crippen LogP contribution in [0.15, 0.2) is 46.1 Å². The molecule has 15 heavy (non-hydrogen) atoms. The van der Waals surface area contributed by atoms with E-state index in [4.69, 9.17) is 0 Å².